The zero-order chi connectivity index (χ0) is 14.5. The molecule has 0 saturated carbocycles. The van der Waals surface area contributed by atoms with Crippen molar-refractivity contribution in [3.8, 4) is 0 Å². The SMILES string of the molecule is Cc1nonc1CC(=O)N[C@@H](c1cccnc1)C(C)C. The molecule has 0 aromatic carbocycles. The summed E-state index contributed by atoms with van der Waals surface area (Å²) >= 11 is 0. The third-order valence-electron chi connectivity index (χ3n) is 3.10. The maximum absolute atomic E-state index is 12.1. The maximum Gasteiger partial charge on any atom is 0.226 e. The van der Waals surface area contributed by atoms with Crippen LogP contribution in [-0.4, -0.2) is 21.2 Å². The summed E-state index contributed by atoms with van der Waals surface area (Å²) in [6, 6.07) is 3.75. The van der Waals surface area contributed by atoms with Crippen molar-refractivity contribution >= 4 is 5.91 Å². The topological polar surface area (TPSA) is 80.9 Å². The number of nitrogens with one attached hydrogen (secondary N) is 1. The number of aryl methyl sites for hydroxylation is 1. The predicted molar refractivity (Wildman–Crippen MR) is 72.7 cm³/mol. The molecule has 106 valence electrons. The predicted octanol–water partition coefficient (Wildman–Crippen LogP) is 1.83. The summed E-state index contributed by atoms with van der Waals surface area (Å²) in [5, 5.41) is 10.4. The van der Waals surface area contributed by atoms with Gasteiger partial charge in [-0.3, -0.25) is 9.78 Å². The van der Waals surface area contributed by atoms with Crippen LogP contribution in [0.1, 0.15) is 36.8 Å². The van der Waals surface area contributed by atoms with E-state index in [9.17, 15) is 4.79 Å². The molecular formula is C14H18N4O2. The van der Waals surface area contributed by atoms with Crippen LogP contribution < -0.4 is 5.32 Å². The van der Waals surface area contributed by atoms with E-state index >= 15 is 0 Å². The summed E-state index contributed by atoms with van der Waals surface area (Å²) in [4.78, 5) is 16.2. The number of hydrogen-bond acceptors (Lipinski definition) is 5. The lowest BCUT2D eigenvalue weighted by Gasteiger charge is -2.22. The molecule has 1 amide bonds. The van der Waals surface area contributed by atoms with E-state index in [2.05, 4.69) is 39.1 Å². The van der Waals surface area contributed by atoms with E-state index in [1.54, 1.807) is 19.3 Å². The van der Waals surface area contributed by atoms with Crippen LogP contribution in [0.5, 0.6) is 0 Å². The Kier molecular flexibility index (Phi) is 4.45. The highest BCUT2D eigenvalue weighted by Gasteiger charge is 2.20. The van der Waals surface area contributed by atoms with Crippen LogP contribution in [-0.2, 0) is 11.2 Å². The van der Waals surface area contributed by atoms with Crippen molar-refractivity contribution in [3.63, 3.8) is 0 Å². The van der Waals surface area contributed by atoms with Crippen LogP contribution in [0.2, 0.25) is 0 Å². The van der Waals surface area contributed by atoms with Crippen LogP contribution in [0.4, 0.5) is 0 Å². The summed E-state index contributed by atoms with van der Waals surface area (Å²) in [5.74, 6) is 0.158. The smallest absolute Gasteiger partial charge is 0.226 e. The molecule has 0 unspecified atom stereocenters. The molecule has 1 atom stereocenters. The number of nitrogens with zero attached hydrogens (tertiary/aromatic N) is 3. The number of carbonyl (C=O) groups is 1. The highest BCUT2D eigenvalue weighted by atomic mass is 16.6. The first-order valence-corrected chi connectivity index (χ1v) is 6.55. The first kappa shape index (κ1) is 14.2. The molecule has 0 aliphatic heterocycles. The summed E-state index contributed by atoms with van der Waals surface area (Å²) < 4.78 is 4.59. The van der Waals surface area contributed by atoms with E-state index in [1.807, 2.05) is 12.1 Å². The number of carbonyl (C=O) groups excluding carboxylic acids is 1. The third-order valence-corrected chi connectivity index (χ3v) is 3.10. The average Bonchev–Trinajstić information content (AvgIpc) is 2.82. The molecular weight excluding hydrogens is 256 g/mol. The molecule has 2 rings (SSSR count). The lowest BCUT2D eigenvalue weighted by molar-refractivity contribution is -0.121. The van der Waals surface area contributed by atoms with Crippen molar-refractivity contribution < 1.29 is 9.42 Å². The van der Waals surface area contributed by atoms with Crippen molar-refractivity contribution in [3.05, 3.63) is 41.5 Å². The Hall–Kier alpha value is -2.24. The summed E-state index contributed by atoms with van der Waals surface area (Å²) in [5.41, 5.74) is 2.20. The minimum Gasteiger partial charge on any atom is -0.349 e. The number of amides is 1. The Morgan fingerprint density at radius 2 is 2.20 bits per heavy atom. The van der Waals surface area contributed by atoms with E-state index in [0.29, 0.717) is 11.4 Å². The number of aromatic nitrogens is 3. The van der Waals surface area contributed by atoms with Crippen molar-refractivity contribution in [1.29, 1.82) is 0 Å². The number of pyridine rings is 1. The highest BCUT2D eigenvalue weighted by Crippen LogP contribution is 2.20. The Bertz CT molecular complexity index is 566. The molecule has 2 aromatic heterocycles. The fourth-order valence-electron chi connectivity index (χ4n) is 1.98. The Morgan fingerprint density at radius 1 is 1.40 bits per heavy atom. The molecule has 0 radical (unpaired) electrons. The third kappa shape index (κ3) is 3.40. The molecule has 0 aliphatic rings. The molecule has 6 heteroatoms. The second-order valence-corrected chi connectivity index (χ2v) is 5.05. The molecule has 0 spiro atoms. The molecule has 0 aliphatic carbocycles. The molecule has 0 saturated heterocycles. The lowest BCUT2D eigenvalue weighted by Crippen LogP contribution is -2.33. The van der Waals surface area contributed by atoms with E-state index < -0.39 is 0 Å². The van der Waals surface area contributed by atoms with Gasteiger partial charge in [-0.1, -0.05) is 30.2 Å². The van der Waals surface area contributed by atoms with E-state index in [1.165, 1.54) is 0 Å². The van der Waals surface area contributed by atoms with Crippen LogP contribution in [0.15, 0.2) is 29.2 Å². The zero-order valence-electron chi connectivity index (χ0n) is 11.8. The summed E-state index contributed by atoms with van der Waals surface area (Å²) in [6.45, 7) is 5.88. The van der Waals surface area contributed by atoms with Gasteiger partial charge in [-0.15, -0.1) is 0 Å². The van der Waals surface area contributed by atoms with Gasteiger partial charge >= 0.3 is 0 Å². The normalized spacial score (nSPS) is 12.4. The zero-order valence-corrected chi connectivity index (χ0v) is 11.8. The van der Waals surface area contributed by atoms with Gasteiger partial charge in [0.25, 0.3) is 0 Å². The van der Waals surface area contributed by atoms with Crippen LogP contribution >= 0.6 is 0 Å². The van der Waals surface area contributed by atoms with Gasteiger partial charge in [0.15, 0.2) is 0 Å². The number of hydrogen-bond donors (Lipinski definition) is 1. The van der Waals surface area contributed by atoms with Gasteiger partial charge in [0.1, 0.15) is 11.4 Å². The maximum atomic E-state index is 12.1. The minimum absolute atomic E-state index is 0.0728. The second-order valence-electron chi connectivity index (χ2n) is 5.05. The van der Waals surface area contributed by atoms with Crippen molar-refractivity contribution in [2.45, 2.75) is 33.2 Å². The van der Waals surface area contributed by atoms with Crippen LogP contribution in [0.3, 0.4) is 0 Å². The molecule has 6 nitrogen and oxygen atoms in total. The highest BCUT2D eigenvalue weighted by molar-refractivity contribution is 5.78. The molecule has 2 heterocycles. The van der Waals surface area contributed by atoms with Crippen LogP contribution in [0.25, 0.3) is 0 Å². The first-order chi connectivity index (χ1) is 9.58. The second kappa shape index (κ2) is 6.27. The summed E-state index contributed by atoms with van der Waals surface area (Å²) in [6.07, 6.45) is 3.65. The minimum atomic E-state index is -0.105. The van der Waals surface area contributed by atoms with E-state index in [-0.39, 0.29) is 24.3 Å². The Labute approximate surface area is 117 Å². The summed E-state index contributed by atoms with van der Waals surface area (Å²) in [7, 11) is 0. The van der Waals surface area contributed by atoms with E-state index in [0.717, 1.165) is 5.56 Å². The lowest BCUT2D eigenvalue weighted by atomic mass is 9.97. The largest absolute Gasteiger partial charge is 0.349 e. The molecule has 1 N–H and O–H groups in total. The van der Waals surface area contributed by atoms with Crippen molar-refractivity contribution in [1.82, 2.24) is 20.6 Å². The van der Waals surface area contributed by atoms with Gasteiger partial charge in [0.05, 0.1) is 12.5 Å². The standard InChI is InChI=1S/C14H18N4O2/c1-9(2)14(11-5-4-6-15-8-11)16-13(19)7-12-10(3)17-20-18-12/h4-6,8-9,14H,7H2,1-3H3,(H,16,19)/t14-/m1/s1. The van der Waals surface area contributed by atoms with Gasteiger partial charge in [-0.05, 0) is 24.5 Å². The number of rotatable bonds is 5. The Balaban J connectivity index is 2.06. The van der Waals surface area contributed by atoms with Crippen molar-refractivity contribution in [2.75, 3.05) is 0 Å². The molecule has 0 fully saturated rings. The molecule has 0 bridgehead atoms. The van der Waals surface area contributed by atoms with Crippen molar-refractivity contribution in [2.24, 2.45) is 5.92 Å². The fraction of sp³-hybridized carbons (Fsp3) is 0.429. The quantitative estimate of drug-likeness (QED) is 0.899. The van der Waals surface area contributed by atoms with Crippen LogP contribution in [0, 0.1) is 12.8 Å². The van der Waals surface area contributed by atoms with Gasteiger partial charge in [-0.25, -0.2) is 4.63 Å². The fourth-order valence-corrected chi connectivity index (χ4v) is 1.98. The van der Waals surface area contributed by atoms with E-state index in [4.69, 9.17) is 0 Å². The Morgan fingerprint density at radius 3 is 2.75 bits per heavy atom. The van der Waals surface area contributed by atoms with Gasteiger partial charge < -0.3 is 5.32 Å². The van der Waals surface area contributed by atoms with Gasteiger partial charge in [0.2, 0.25) is 5.91 Å². The van der Waals surface area contributed by atoms with Gasteiger partial charge in [-0.2, -0.15) is 0 Å². The average molecular weight is 274 g/mol. The molecule has 20 heavy (non-hydrogen) atoms. The van der Waals surface area contributed by atoms with Gasteiger partial charge in [0, 0.05) is 12.4 Å². The monoisotopic (exact) mass is 274 g/mol. The first-order valence-electron chi connectivity index (χ1n) is 6.55. The molecule has 2 aromatic rings.